The molecule has 0 atom stereocenters. The Labute approximate surface area is 106 Å². The molecule has 0 aromatic carbocycles. The largest absolute Gasteiger partial charge is 0.464 e. The highest BCUT2D eigenvalue weighted by Gasteiger charge is 2.11. The second-order valence-corrected chi connectivity index (χ2v) is 3.61. The molecule has 18 heavy (non-hydrogen) atoms. The number of pyridine rings is 1. The Balaban J connectivity index is 2.68. The minimum absolute atomic E-state index is 0.238. The second-order valence-electron chi connectivity index (χ2n) is 3.61. The van der Waals surface area contributed by atoms with Gasteiger partial charge in [0.1, 0.15) is 5.69 Å². The van der Waals surface area contributed by atoms with Crippen molar-refractivity contribution in [3.63, 3.8) is 0 Å². The van der Waals surface area contributed by atoms with Gasteiger partial charge >= 0.3 is 5.97 Å². The fourth-order valence-corrected chi connectivity index (χ4v) is 1.47. The van der Waals surface area contributed by atoms with Crippen molar-refractivity contribution in [2.75, 3.05) is 33.9 Å². The lowest BCUT2D eigenvalue weighted by Crippen LogP contribution is -2.28. The van der Waals surface area contributed by atoms with E-state index < -0.39 is 5.97 Å². The lowest BCUT2D eigenvalue weighted by Gasteiger charge is -2.11. The van der Waals surface area contributed by atoms with Gasteiger partial charge in [-0.25, -0.2) is 4.79 Å². The van der Waals surface area contributed by atoms with Crippen LogP contribution in [0.4, 0.5) is 0 Å². The summed E-state index contributed by atoms with van der Waals surface area (Å²) in [6.07, 6.45) is 0. The molecule has 0 fully saturated rings. The van der Waals surface area contributed by atoms with Gasteiger partial charge in [0.15, 0.2) is 0 Å². The van der Waals surface area contributed by atoms with E-state index in [0.717, 1.165) is 6.54 Å². The maximum absolute atomic E-state index is 11.7. The fourth-order valence-electron chi connectivity index (χ4n) is 1.47. The SMILES string of the molecule is CNCCOCCn1c(C(=O)OC)cccc1=O. The molecule has 6 heteroatoms. The molecule has 0 aliphatic carbocycles. The summed E-state index contributed by atoms with van der Waals surface area (Å²) >= 11 is 0. The molecule has 1 aromatic rings. The van der Waals surface area contributed by atoms with Crippen LogP contribution in [0.2, 0.25) is 0 Å². The van der Waals surface area contributed by atoms with Crippen molar-refractivity contribution in [3.05, 3.63) is 34.2 Å². The maximum atomic E-state index is 11.7. The summed E-state index contributed by atoms with van der Waals surface area (Å²) in [4.78, 5) is 23.2. The van der Waals surface area contributed by atoms with Crippen molar-refractivity contribution in [2.45, 2.75) is 6.54 Å². The van der Waals surface area contributed by atoms with Crippen molar-refractivity contribution in [2.24, 2.45) is 0 Å². The van der Waals surface area contributed by atoms with Crippen LogP contribution in [0.3, 0.4) is 0 Å². The van der Waals surface area contributed by atoms with Crippen molar-refractivity contribution in [3.8, 4) is 0 Å². The van der Waals surface area contributed by atoms with E-state index in [9.17, 15) is 9.59 Å². The number of carbonyl (C=O) groups excluding carboxylic acids is 1. The Morgan fingerprint density at radius 3 is 2.83 bits per heavy atom. The van der Waals surface area contributed by atoms with Gasteiger partial charge < -0.3 is 19.4 Å². The average molecular weight is 254 g/mol. The number of hydrogen-bond donors (Lipinski definition) is 1. The first-order valence-corrected chi connectivity index (χ1v) is 5.71. The summed E-state index contributed by atoms with van der Waals surface area (Å²) in [5.74, 6) is -0.525. The Hall–Kier alpha value is -1.66. The fraction of sp³-hybridized carbons (Fsp3) is 0.500. The molecule has 1 rings (SSSR count). The van der Waals surface area contributed by atoms with Gasteiger partial charge in [-0.15, -0.1) is 0 Å². The third kappa shape index (κ3) is 3.97. The second kappa shape index (κ2) is 7.62. The van der Waals surface area contributed by atoms with Crippen LogP contribution in [0.5, 0.6) is 0 Å². The van der Waals surface area contributed by atoms with Crippen LogP contribution in [0.15, 0.2) is 23.0 Å². The summed E-state index contributed by atoms with van der Waals surface area (Å²) in [5, 5.41) is 2.95. The number of esters is 1. The highest BCUT2D eigenvalue weighted by atomic mass is 16.5. The van der Waals surface area contributed by atoms with Crippen LogP contribution in [-0.4, -0.2) is 44.5 Å². The van der Waals surface area contributed by atoms with Crippen molar-refractivity contribution in [1.29, 1.82) is 0 Å². The molecule has 0 aliphatic rings. The monoisotopic (exact) mass is 254 g/mol. The predicted octanol–water partition coefficient (Wildman–Crippen LogP) is -0.129. The van der Waals surface area contributed by atoms with Gasteiger partial charge in [-0.05, 0) is 13.1 Å². The summed E-state index contributed by atoms with van der Waals surface area (Å²) < 4.78 is 11.3. The summed E-state index contributed by atoms with van der Waals surface area (Å²) in [6, 6.07) is 4.49. The third-order valence-corrected chi connectivity index (χ3v) is 2.40. The molecule has 0 saturated carbocycles. The summed E-state index contributed by atoms with van der Waals surface area (Å²) in [6.45, 7) is 2.00. The van der Waals surface area contributed by atoms with E-state index in [1.54, 1.807) is 6.07 Å². The molecule has 0 aliphatic heterocycles. The zero-order chi connectivity index (χ0) is 13.4. The zero-order valence-electron chi connectivity index (χ0n) is 10.6. The zero-order valence-corrected chi connectivity index (χ0v) is 10.6. The standard InChI is InChI=1S/C12H18N2O4/c1-13-6-8-18-9-7-14-10(12(16)17-2)4-3-5-11(14)15/h3-5,13H,6-9H2,1-2H3. The molecule has 0 saturated heterocycles. The Bertz CT molecular complexity index is 442. The first-order valence-electron chi connectivity index (χ1n) is 5.71. The Morgan fingerprint density at radius 2 is 2.17 bits per heavy atom. The van der Waals surface area contributed by atoms with E-state index in [1.165, 1.54) is 23.8 Å². The van der Waals surface area contributed by atoms with E-state index in [0.29, 0.717) is 19.8 Å². The van der Waals surface area contributed by atoms with Gasteiger partial charge in [-0.1, -0.05) is 6.07 Å². The van der Waals surface area contributed by atoms with Crippen molar-refractivity contribution in [1.82, 2.24) is 9.88 Å². The van der Waals surface area contributed by atoms with Crippen LogP contribution >= 0.6 is 0 Å². The van der Waals surface area contributed by atoms with Gasteiger partial charge in [0.05, 0.1) is 20.3 Å². The quantitative estimate of drug-likeness (QED) is 0.542. The maximum Gasteiger partial charge on any atom is 0.354 e. The molecule has 0 amide bonds. The predicted molar refractivity (Wildman–Crippen MR) is 66.8 cm³/mol. The molecule has 100 valence electrons. The molecular weight excluding hydrogens is 236 g/mol. The van der Waals surface area contributed by atoms with Crippen LogP contribution < -0.4 is 10.9 Å². The molecule has 0 radical (unpaired) electrons. The number of likely N-dealkylation sites (N-methyl/N-ethyl adjacent to an activating group) is 1. The highest BCUT2D eigenvalue weighted by Crippen LogP contribution is 1.99. The number of rotatable bonds is 7. The van der Waals surface area contributed by atoms with Gasteiger partial charge in [-0.3, -0.25) is 4.79 Å². The Morgan fingerprint density at radius 1 is 1.39 bits per heavy atom. The summed E-state index contributed by atoms with van der Waals surface area (Å²) in [7, 11) is 3.12. The number of methoxy groups -OCH3 is 1. The van der Waals surface area contributed by atoms with Gasteiger partial charge in [-0.2, -0.15) is 0 Å². The smallest absolute Gasteiger partial charge is 0.354 e. The van der Waals surface area contributed by atoms with E-state index in [-0.39, 0.29) is 11.3 Å². The molecule has 0 bridgehead atoms. The van der Waals surface area contributed by atoms with E-state index in [4.69, 9.17) is 4.74 Å². The van der Waals surface area contributed by atoms with Crippen LogP contribution in [0.25, 0.3) is 0 Å². The molecule has 6 nitrogen and oxygen atoms in total. The number of nitrogens with one attached hydrogen (secondary N) is 1. The molecule has 1 aromatic heterocycles. The first-order chi connectivity index (χ1) is 8.70. The minimum atomic E-state index is -0.525. The topological polar surface area (TPSA) is 69.6 Å². The normalized spacial score (nSPS) is 10.3. The van der Waals surface area contributed by atoms with Crippen LogP contribution in [0, 0.1) is 0 Å². The van der Waals surface area contributed by atoms with Crippen LogP contribution in [0.1, 0.15) is 10.5 Å². The number of ether oxygens (including phenoxy) is 2. The summed E-state index contributed by atoms with van der Waals surface area (Å²) in [5.41, 5.74) is -0.00247. The first kappa shape index (κ1) is 14.4. The van der Waals surface area contributed by atoms with Gasteiger partial charge in [0.25, 0.3) is 5.56 Å². The highest BCUT2D eigenvalue weighted by molar-refractivity contribution is 5.87. The number of hydrogen-bond acceptors (Lipinski definition) is 5. The average Bonchev–Trinajstić information content (AvgIpc) is 2.39. The van der Waals surface area contributed by atoms with E-state index in [2.05, 4.69) is 10.1 Å². The molecule has 0 unspecified atom stereocenters. The number of nitrogens with zero attached hydrogens (tertiary/aromatic N) is 1. The molecule has 1 heterocycles. The lowest BCUT2D eigenvalue weighted by atomic mass is 10.3. The third-order valence-electron chi connectivity index (χ3n) is 2.40. The lowest BCUT2D eigenvalue weighted by molar-refractivity contribution is 0.0582. The number of carbonyl (C=O) groups is 1. The van der Waals surface area contributed by atoms with E-state index in [1.807, 2.05) is 7.05 Å². The minimum Gasteiger partial charge on any atom is -0.464 e. The van der Waals surface area contributed by atoms with Gasteiger partial charge in [0.2, 0.25) is 0 Å². The van der Waals surface area contributed by atoms with E-state index >= 15 is 0 Å². The van der Waals surface area contributed by atoms with Gasteiger partial charge in [0, 0.05) is 19.2 Å². The molecule has 0 spiro atoms. The Kier molecular flexibility index (Phi) is 6.10. The molecule has 1 N–H and O–H groups in total. The van der Waals surface area contributed by atoms with Crippen molar-refractivity contribution >= 4 is 5.97 Å². The number of aromatic nitrogens is 1. The van der Waals surface area contributed by atoms with Crippen LogP contribution in [-0.2, 0) is 16.0 Å². The van der Waals surface area contributed by atoms with Crippen molar-refractivity contribution < 1.29 is 14.3 Å². The molecular formula is C12H18N2O4.